The molecule has 0 spiro atoms. The van der Waals surface area contributed by atoms with Gasteiger partial charge in [0.25, 0.3) is 11.5 Å². The van der Waals surface area contributed by atoms with Crippen LogP contribution >= 0.6 is 0 Å². The van der Waals surface area contributed by atoms with Crippen molar-refractivity contribution >= 4 is 22.8 Å². The molecule has 18 heavy (non-hydrogen) atoms. The van der Waals surface area contributed by atoms with Gasteiger partial charge in [-0.2, -0.15) is 5.26 Å². The maximum atomic E-state index is 11.6. The molecule has 0 saturated carbocycles. The van der Waals surface area contributed by atoms with Crippen LogP contribution in [0.5, 0.6) is 0 Å². The lowest BCUT2D eigenvalue weighted by Crippen LogP contribution is -2.32. The third-order valence-electron chi connectivity index (χ3n) is 2.16. The number of nitrogens with one attached hydrogen (secondary N) is 3. The fourth-order valence-corrected chi connectivity index (χ4v) is 1.36. The van der Waals surface area contributed by atoms with Crippen molar-refractivity contribution in [2.45, 2.75) is 6.42 Å². The average molecular weight is 243 g/mol. The second-order valence-electron chi connectivity index (χ2n) is 3.44. The van der Waals surface area contributed by atoms with E-state index >= 15 is 0 Å². The first-order valence-electron chi connectivity index (χ1n) is 5.11. The summed E-state index contributed by atoms with van der Waals surface area (Å²) < 4.78 is 0. The molecule has 1 amide bonds. The fourth-order valence-electron chi connectivity index (χ4n) is 1.36. The van der Waals surface area contributed by atoms with Gasteiger partial charge in [-0.05, 0) is 12.1 Å². The van der Waals surface area contributed by atoms with Crippen molar-refractivity contribution in [1.82, 2.24) is 15.4 Å². The van der Waals surface area contributed by atoms with Crippen LogP contribution in [0.15, 0.2) is 29.1 Å². The number of hydrazine groups is 1. The molecule has 1 aromatic carbocycles. The van der Waals surface area contributed by atoms with Gasteiger partial charge in [0.2, 0.25) is 5.82 Å². The molecule has 1 heterocycles. The number of nitriles is 1. The van der Waals surface area contributed by atoms with Gasteiger partial charge in [0, 0.05) is 0 Å². The third kappa shape index (κ3) is 2.44. The van der Waals surface area contributed by atoms with Gasteiger partial charge in [-0.25, -0.2) is 4.98 Å². The zero-order valence-corrected chi connectivity index (χ0v) is 9.23. The first-order valence-corrected chi connectivity index (χ1v) is 5.11. The molecule has 0 radical (unpaired) electrons. The van der Waals surface area contributed by atoms with Crippen LogP contribution in [0.2, 0.25) is 0 Å². The number of aromatic amines is 1. The normalized spacial score (nSPS) is 9.72. The number of carbonyl (C=O) groups is 1. The lowest BCUT2D eigenvalue weighted by molar-refractivity contribution is -0.119. The molecule has 0 fully saturated rings. The SMILES string of the molecule is N#CCC(=O)NNc1nc2ccccc2[nH]c1=O. The Labute approximate surface area is 101 Å². The predicted molar refractivity (Wildman–Crippen MR) is 64.4 cm³/mol. The number of benzene rings is 1. The summed E-state index contributed by atoms with van der Waals surface area (Å²) in [4.78, 5) is 29.3. The molecular formula is C11H9N5O2. The second kappa shape index (κ2) is 4.97. The summed E-state index contributed by atoms with van der Waals surface area (Å²) in [5.41, 5.74) is 5.34. The van der Waals surface area contributed by atoms with Gasteiger partial charge in [-0.3, -0.25) is 20.4 Å². The molecule has 7 heteroatoms. The minimum absolute atomic E-state index is 0.0278. The van der Waals surface area contributed by atoms with E-state index in [1.165, 1.54) is 0 Å². The van der Waals surface area contributed by atoms with Crippen molar-refractivity contribution in [3.8, 4) is 6.07 Å². The molecule has 0 aliphatic rings. The van der Waals surface area contributed by atoms with Crippen LogP contribution in [0.3, 0.4) is 0 Å². The van der Waals surface area contributed by atoms with Crippen molar-refractivity contribution in [2.24, 2.45) is 0 Å². The maximum absolute atomic E-state index is 11.6. The molecule has 2 rings (SSSR count). The highest BCUT2D eigenvalue weighted by Crippen LogP contribution is 2.07. The number of aromatic nitrogens is 2. The number of rotatable bonds is 3. The van der Waals surface area contributed by atoms with E-state index in [2.05, 4.69) is 20.8 Å². The summed E-state index contributed by atoms with van der Waals surface area (Å²) in [6.07, 6.45) is -0.293. The van der Waals surface area contributed by atoms with E-state index in [9.17, 15) is 9.59 Å². The summed E-state index contributed by atoms with van der Waals surface area (Å²) in [6.45, 7) is 0. The van der Waals surface area contributed by atoms with E-state index in [0.717, 1.165) is 0 Å². The monoisotopic (exact) mass is 243 g/mol. The Hall–Kier alpha value is -2.88. The van der Waals surface area contributed by atoms with Crippen molar-refractivity contribution < 1.29 is 4.79 Å². The Kier molecular flexibility index (Phi) is 3.20. The summed E-state index contributed by atoms with van der Waals surface area (Å²) in [5, 5.41) is 8.31. The molecule has 1 aromatic heterocycles. The quantitative estimate of drug-likeness (QED) is 0.670. The molecular weight excluding hydrogens is 234 g/mol. The molecule has 0 bridgehead atoms. The Bertz CT molecular complexity index is 686. The van der Waals surface area contributed by atoms with Crippen LogP contribution in [0.25, 0.3) is 11.0 Å². The van der Waals surface area contributed by atoms with Crippen LogP contribution < -0.4 is 16.4 Å². The summed E-state index contributed by atoms with van der Waals surface area (Å²) >= 11 is 0. The van der Waals surface area contributed by atoms with E-state index in [1.54, 1.807) is 30.3 Å². The van der Waals surface area contributed by atoms with Gasteiger partial charge in [-0.1, -0.05) is 12.1 Å². The maximum Gasteiger partial charge on any atom is 0.292 e. The Morgan fingerprint density at radius 1 is 1.44 bits per heavy atom. The first-order chi connectivity index (χ1) is 8.70. The summed E-state index contributed by atoms with van der Waals surface area (Å²) in [7, 11) is 0. The minimum atomic E-state index is -0.535. The second-order valence-corrected chi connectivity index (χ2v) is 3.44. The molecule has 2 aromatic rings. The number of para-hydroxylation sites is 2. The average Bonchev–Trinajstić information content (AvgIpc) is 2.36. The standard InChI is InChI=1S/C11H9N5O2/c12-6-5-9(17)15-16-10-11(18)14-8-4-2-1-3-7(8)13-10/h1-4H,5H2,(H,13,16)(H,14,18)(H,15,17). The Balaban J connectivity index is 2.24. The van der Waals surface area contributed by atoms with Crippen LogP contribution in [-0.4, -0.2) is 15.9 Å². The van der Waals surface area contributed by atoms with Gasteiger partial charge >= 0.3 is 0 Å². The smallest absolute Gasteiger partial charge is 0.292 e. The zero-order chi connectivity index (χ0) is 13.0. The number of hydrogen-bond donors (Lipinski definition) is 3. The predicted octanol–water partition coefficient (Wildman–Crippen LogP) is 0.280. The number of carbonyl (C=O) groups excluding carboxylic acids is 1. The van der Waals surface area contributed by atoms with E-state index in [4.69, 9.17) is 5.26 Å². The number of amides is 1. The first kappa shape index (κ1) is 11.6. The van der Waals surface area contributed by atoms with Crippen molar-refractivity contribution in [3.05, 3.63) is 34.6 Å². The summed E-state index contributed by atoms with van der Waals surface area (Å²) in [5.74, 6) is -0.563. The van der Waals surface area contributed by atoms with Gasteiger partial charge < -0.3 is 4.98 Å². The minimum Gasteiger partial charge on any atom is -0.317 e. The number of H-pyrrole nitrogens is 1. The number of fused-ring (bicyclic) bond motifs is 1. The highest BCUT2D eigenvalue weighted by atomic mass is 16.2. The van der Waals surface area contributed by atoms with Gasteiger partial charge in [0.1, 0.15) is 6.42 Å². The van der Waals surface area contributed by atoms with Crippen LogP contribution in [0, 0.1) is 11.3 Å². The van der Waals surface area contributed by atoms with Gasteiger partial charge in [0.05, 0.1) is 17.1 Å². The van der Waals surface area contributed by atoms with E-state index in [1.807, 2.05) is 0 Å². The van der Waals surface area contributed by atoms with Crippen LogP contribution in [-0.2, 0) is 4.79 Å². The largest absolute Gasteiger partial charge is 0.317 e. The zero-order valence-electron chi connectivity index (χ0n) is 9.23. The molecule has 3 N–H and O–H groups in total. The topological polar surface area (TPSA) is 111 Å². The van der Waals surface area contributed by atoms with E-state index in [0.29, 0.717) is 11.0 Å². The molecule has 7 nitrogen and oxygen atoms in total. The lowest BCUT2D eigenvalue weighted by Gasteiger charge is -2.05. The number of hydrogen-bond acceptors (Lipinski definition) is 5. The van der Waals surface area contributed by atoms with Crippen LogP contribution in [0.1, 0.15) is 6.42 Å². The number of nitrogens with zero attached hydrogens (tertiary/aromatic N) is 2. The van der Waals surface area contributed by atoms with Gasteiger partial charge in [0.15, 0.2) is 0 Å². The Morgan fingerprint density at radius 2 is 2.22 bits per heavy atom. The molecule has 0 unspecified atom stereocenters. The molecule has 0 atom stereocenters. The van der Waals surface area contributed by atoms with E-state index in [-0.39, 0.29) is 12.2 Å². The van der Waals surface area contributed by atoms with Crippen molar-refractivity contribution in [3.63, 3.8) is 0 Å². The number of anilines is 1. The molecule has 0 aliphatic heterocycles. The molecule has 0 saturated heterocycles. The van der Waals surface area contributed by atoms with Gasteiger partial charge in [-0.15, -0.1) is 0 Å². The van der Waals surface area contributed by atoms with Crippen LogP contribution in [0.4, 0.5) is 5.82 Å². The lowest BCUT2D eigenvalue weighted by atomic mass is 10.3. The molecule has 90 valence electrons. The highest BCUT2D eigenvalue weighted by Gasteiger charge is 2.05. The molecule has 0 aliphatic carbocycles. The van der Waals surface area contributed by atoms with Crippen molar-refractivity contribution in [1.29, 1.82) is 5.26 Å². The summed E-state index contributed by atoms with van der Waals surface area (Å²) in [6, 6.07) is 8.71. The fraction of sp³-hybridized carbons (Fsp3) is 0.0909. The third-order valence-corrected chi connectivity index (χ3v) is 2.16. The van der Waals surface area contributed by atoms with E-state index < -0.39 is 11.5 Å². The Morgan fingerprint density at radius 3 is 3.00 bits per heavy atom. The highest BCUT2D eigenvalue weighted by molar-refractivity contribution is 5.79. The van der Waals surface area contributed by atoms with Crippen molar-refractivity contribution in [2.75, 3.05) is 5.43 Å².